The van der Waals surface area contributed by atoms with Crippen LogP contribution in [0.1, 0.15) is 56.7 Å². The Morgan fingerprint density at radius 3 is 2.58 bits per heavy atom. The van der Waals surface area contributed by atoms with Crippen LogP contribution in [-0.4, -0.2) is 13.7 Å². The Morgan fingerprint density at radius 2 is 1.95 bits per heavy atom. The Balaban J connectivity index is 2.19. The molecule has 2 rings (SSSR count). The standard InChI is InChI=1S/C17H27NO/c1-4-6-13(7-5-2)17(18-3)15-8-9-16-14(12-15)10-11-19-16/h8-9,12-13,17-18H,4-7,10-11H2,1-3H3. The highest BCUT2D eigenvalue weighted by Crippen LogP contribution is 2.33. The van der Waals surface area contributed by atoms with Gasteiger partial charge in [0.2, 0.25) is 0 Å². The van der Waals surface area contributed by atoms with Crippen LogP contribution in [0.3, 0.4) is 0 Å². The van der Waals surface area contributed by atoms with Gasteiger partial charge in [-0.25, -0.2) is 0 Å². The van der Waals surface area contributed by atoms with E-state index in [0.29, 0.717) is 6.04 Å². The lowest BCUT2D eigenvalue weighted by Gasteiger charge is -2.27. The minimum Gasteiger partial charge on any atom is -0.493 e. The van der Waals surface area contributed by atoms with Gasteiger partial charge in [-0.1, -0.05) is 38.8 Å². The van der Waals surface area contributed by atoms with E-state index >= 15 is 0 Å². The third-order valence-corrected chi connectivity index (χ3v) is 4.17. The average Bonchev–Trinajstić information content (AvgIpc) is 2.87. The highest BCUT2D eigenvalue weighted by molar-refractivity contribution is 5.41. The van der Waals surface area contributed by atoms with Gasteiger partial charge in [-0.05, 0) is 43.0 Å². The molecular formula is C17H27NO. The zero-order valence-electron chi connectivity index (χ0n) is 12.5. The molecule has 1 aliphatic rings. The Morgan fingerprint density at radius 1 is 1.21 bits per heavy atom. The van der Waals surface area contributed by atoms with E-state index in [9.17, 15) is 0 Å². The molecule has 0 amide bonds. The number of benzene rings is 1. The van der Waals surface area contributed by atoms with Crippen molar-refractivity contribution in [2.24, 2.45) is 5.92 Å². The lowest BCUT2D eigenvalue weighted by Crippen LogP contribution is -2.25. The molecule has 0 aromatic heterocycles. The third-order valence-electron chi connectivity index (χ3n) is 4.17. The minimum absolute atomic E-state index is 0.478. The summed E-state index contributed by atoms with van der Waals surface area (Å²) in [5.41, 5.74) is 2.81. The van der Waals surface area contributed by atoms with Gasteiger partial charge in [0.1, 0.15) is 5.75 Å². The molecule has 1 N–H and O–H groups in total. The van der Waals surface area contributed by atoms with Gasteiger partial charge >= 0.3 is 0 Å². The fourth-order valence-corrected chi connectivity index (χ4v) is 3.29. The molecular weight excluding hydrogens is 234 g/mol. The second-order valence-corrected chi connectivity index (χ2v) is 5.57. The topological polar surface area (TPSA) is 21.3 Å². The first-order valence-corrected chi connectivity index (χ1v) is 7.73. The van der Waals surface area contributed by atoms with Crippen LogP contribution in [0.2, 0.25) is 0 Å². The minimum atomic E-state index is 0.478. The molecule has 0 saturated heterocycles. The summed E-state index contributed by atoms with van der Waals surface area (Å²) in [6.45, 7) is 5.41. The molecule has 2 heteroatoms. The van der Waals surface area contributed by atoms with Gasteiger partial charge in [0, 0.05) is 12.5 Å². The molecule has 106 valence electrons. The van der Waals surface area contributed by atoms with Gasteiger partial charge in [-0.2, -0.15) is 0 Å². The Bertz CT molecular complexity index is 396. The average molecular weight is 261 g/mol. The van der Waals surface area contributed by atoms with E-state index < -0.39 is 0 Å². The van der Waals surface area contributed by atoms with Crippen molar-refractivity contribution in [2.45, 2.75) is 52.0 Å². The molecule has 1 atom stereocenters. The number of hydrogen-bond donors (Lipinski definition) is 1. The largest absolute Gasteiger partial charge is 0.493 e. The van der Waals surface area contributed by atoms with Crippen molar-refractivity contribution in [3.63, 3.8) is 0 Å². The molecule has 1 aromatic rings. The number of ether oxygens (including phenoxy) is 1. The number of hydrogen-bond acceptors (Lipinski definition) is 2. The molecule has 2 nitrogen and oxygen atoms in total. The molecule has 1 aromatic carbocycles. The van der Waals surface area contributed by atoms with Gasteiger partial charge in [0.05, 0.1) is 6.61 Å². The SMILES string of the molecule is CCCC(CCC)C(NC)c1ccc2c(c1)CCO2. The summed E-state index contributed by atoms with van der Waals surface area (Å²) in [5.74, 6) is 1.82. The monoisotopic (exact) mass is 261 g/mol. The molecule has 1 aliphatic heterocycles. The van der Waals surface area contributed by atoms with Gasteiger partial charge in [-0.3, -0.25) is 0 Å². The second kappa shape index (κ2) is 6.95. The van der Waals surface area contributed by atoms with Crippen LogP contribution in [0.25, 0.3) is 0 Å². The Hall–Kier alpha value is -1.02. The second-order valence-electron chi connectivity index (χ2n) is 5.57. The highest BCUT2D eigenvalue weighted by Gasteiger charge is 2.22. The van der Waals surface area contributed by atoms with Crippen molar-refractivity contribution in [1.29, 1.82) is 0 Å². The van der Waals surface area contributed by atoms with Crippen molar-refractivity contribution < 1.29 is 4.74 Å². The molecule has 1 unspecified atom stereocenters. The fraction of sp³-hybridized carbons (Fsp3) is 0.647. The summed E-state index contributed by atoms with van der Waals surface area (Å²) in [6, 6.07) is 7.22. The number of rotatable bonds is 7. The molecule has 0 saturated carbocycles. The first kappa shape index (κ1) is 14.4. The fourth-order valence-electron chi connectivity index (χ4n) is 3.29. The summed E-state index contributed by atoms with van der Waals surface area (Å²) < 4.78 is 5.60. The van der Waals surface area contributed by atoms with Crippen LogP contribution in [0, 0.1) is 5.92 Å². The highest BCUT2D eigenvalue weighted by atomic mass is 16.5. The predicted octanol–water partition coefficient (Wildman–Crippen LogP) is 4.10. The predicted molar refractivity (Wildman–Crippen MR) is 80.7 cm³/mol. The van der Waals surface area contributed by atoms with Crippen molar-refractivity contribution in [3.05, 3.63) is 29.3 Å². The number of nitrogens with one attached hydrogen (secondary N) is 1. The van der Waals surface area contributed by atoms with E-state index in [4.69, 9.17) is 4.74 Å². The summed E-state index contributed by atoms with van der Waals surface area (Å²) >= 11 is 0. The molecule has 1 heterocycles. The van der Waals surface area contributed by atoms with Crippen LogP contribution >= 0.6 is 0 Å². The Kier molecular flexibility index (Phi) is 5.26. The van der Waals surface area contributed by atoms with Crippen molar-refractivity contribution >= 4 is 0 Å². The van der Waals surface area contributed by atoms with Crippen LogP contribution in [0.4, 0.5) is 0 Å². The zero-order chi connectivity index (χ0) is 13.7. The first-order valence-electron chi connectivity index (χ1n) is 7.73. The lowest BCUT2D eigenvalue weighted by atomic mass is 9.85. The van der Waals surface area contributed by atoms with E-state index in [1.165, 1.54) is 36.8 Å². The lowest BCUT2D eigenvalue weighted by molar-refractivity contribution is 0.330. The molecule has 0 aliphatic carbocycles. The van der Waals surface area contributed by atoms with Gasteiger partial charge in [0.25, 0.3) is 0 Å². The molecule has 0 spiro atoms. The van der Waals surface area contributed by atoms with E-state index in [0.717, 1.165) is 24.7 Å². The van der Waals surface area contributed by atoms with Gasteiger partial charge in [-0.15, -0.1) is 0 Å². The third kappa shape index (κ3) is 3.30. The summed E-state index contributed by atoms with van der Waals surface area (Å²) in [5, 5.41) is 3.54. The van der Waals surface area contributed by atoms with Gasteiger partial charge in [0.15, 0.2) is 0 Å². The van der Waals surface area contributed by atoms with Crippen LogP contribution in [-0.2, 0) is 6.42 Å². The number of fused-ring (bicyclic) bond motifs is 1. The van der Waals surface area contributed by atoms with Crippen molar-refractivity contribution in [3.8, 4) is 5.75 Å². The van der Waals surface area contributed by atoms with E-state index in [1.54, 1.807) is 0 Å². The quantitative estimate of drug-likeness (QED) is 0.798. The Labute approximate surface area is 117 Å². The summed E-state index contributed by atoms with van der Waals surface area (Å²) in [6.07, 6.45) is 6.18. The zero-order valence-corrected chi connectivity index (χ0v) is 12.5. The maximum absolute atomic E-state index is 5.60. The molecule has 19 heavy (non-hydrogen) atoms. The maximum Gasteiger partial charge on any atom is 0.122 e. The van der Waals surface area contributed by atoms with Crippen LogP contribution < -0.4 is 10.1 Å². The van der Waals surface area contributed by atoms with Crippen LogP contribution in [0.15, 0.2) is 18.2 Å². The maximum atomic E-state index is 5.60. The first-order chi connectivity index (χ1) is 9.30. The van der Waals surface area contributed by atoms with Crippen LogP contribution in [0.5, 0.6) is 5.75 Å². The molecule has 0 radical (unpaired) electrons. The van der Waals surface area contributed by atoms with Crippen molar-refractivity contribution in [1.82, 2.24) is 5.32 Å². The molecule has 0 fully saturated rings. The van der Waals surface area contributed by atoms with E-state index in [2.05, 4.69) is 44.4 Å². The normalized spacial score (nSPS) is 15.4. The van der Waals surface area contributed by atoms with Gasteiger partial charge < -0.3 is 10.1 Å². The van der Waals surface area contributed by atoms with Crippen molar-refractivity contribution in [2.75, 3.05) is 13.7 Å². The molecule has 0 bridgehead atoms. The summed E-state index contributed by atoms with van der Waals surface area (Å²) in [7, 11) is 2.09. The van der Waals surface area contributed by atoms with E-state index in [1.807, 2.05) is 0 Å². The smallest absolute Gasteiger partial charge is 0.122 e. The summed E-state index contributed by atoms with van der Waals surface area (Å²) in [4.78, 5) is 0. The van der Waals surface area contributed by atoms with E-state index in [-0.39, 0.29) is 0 Å².